The van der Waals surface area contributed by atoms with Crippen LogP contribution in [0, 0.1) is 6.92 Å². The first kappa shape index (κ1) is 21.8. The smallest absolute Gasteiger partial charge is 0.162 e. The fourth-order valence-corrected chi connectivity index (χ4v) is 4.76. The summed E-state index contributed by atoms with van der Waals surface area (Å²) in [7, 11) is 0. The highest BCUT2D eigenvalue weighted by molar-refractivity contribution is 5.98. The van der Waals surface area contributed by atoms with E-state index in [0.717, 1.165) is 90.3 Å². The molecule has 0 saturated carbocycles. The zero-order valence-corrected chi connectivity index (χ0v) is 19.9. The number of pyridine rings is 2. The van der Waals surface area contributed by atoms with E-state index in [1.807, 2.05) is 54.4 Å². The molecule has 0 aliphatic carbocycles. The molecule has 1 saturated heterocycles. The average Bonchev–Trinajstić information content (AvgIpc) is 3.32. The summed E-state index contributed by atoms with van der Waals surface area (Å²) in [6.45, 7) is 6.91. The van der Waals surface area contributed by atoms with Crippen molar-refractivity contribution in [2.45, 2.75) is 19.8 Å². The Morgan fingerprint density at radius 2 is 1.83 bits per heavy atom. The van der Waals surface area contributed by atoms with Gasteiger partial charge in [0.25, 0.3) is 0 Å². The second-order valence-electron chi connectivity index (χ2n) is 9.10. The van der Waals surface area contributed by atoms with Crippen molar-refractivity contribution < 1.29 is 4.74 Å². The molecule has 176 valence electrons. The minimum absolute atomic E-state index is 0.821. The van der Waals surface area contributed by atoms with Crippen LogP contribution in [0.3, 0.4) is 0 Å². The lowest BCUT2D eigenvalue weighted by Crippen LogP contribution is -2.36. The van der Waals surface area contributed by atoms with Gasteiger partial charge < -0.3 is 4.74 Å². The summed E-state index contributed by atoms with van der Waals surface area (Å²) in [5.74, 6) is 0. The van der Waals surface area contributed by atoms with Gasteiger partial charge in [-0.25, -0.2) is 9.50 Å². The predicted molar refractivity (Wildman–Crippen MR) is 137 cm³/mol. The highest BCUT2D eigenvalue weighted by Crippen LogP contribution is 2.31. The van der Waals surface area contributed by atoms with Crippen molar-refractivity contribution in [2.75, 3.05) is 32.8 Å². The van der Waals surface area contributed by atoms with E-state index in [1.54, 1.807) is 0 Å². The number of morpholine rings is 1. The zero-order valence-electron chi connectivity index (χ0n) is 19.9. The quantitative estimate of drug-likeness (QED) is 0.366. The third-order valence-corrected chi connectivity index (χ3v) is 6.68. The monoisotopic (exact) mass is 464 g/mol. The predicted octanol–water partition coefficient (Wildman–Crippen LogP) is 4.58. The summed E-state index contributed by atoms with van der Waals surface area (Å²) in [4.78, 5) is 16.6. The second-order valence-corrected chi connectivity index (χ2v) is 9.10. The molecule has 0 spiro atoms. The van der Waals surface area contributed by atoms with E-state index in [4.69, 9.17) is 14.7 Å². The van der Waals surface area contributed by atoms with Crippen LogP contribution in [-0.4, -0.2) is 62.3 Å². The molecule has 35 heavy (non-hydrogen) atoms. The first-order chi connectivity index (χ1) is 17.2. The first-order valence-corrected chi connectivity index (χ1v) is 12.2. The number of aromatic nitrogens is 5. The molecule has 0 atom stereocenters. The van der Waals surface area contributed by atoms with Gasteiger partial charge in [-0.1, -0.05) is 24.3 Å². The molecule has 4 aromatic heterocycles. The summed E-state index contributed by atoms with van der Waals surface area (Å²) >= 11 is 0. The largest absolute Gasteiger partial charge is 0.379 e. The maximum Gasteiger partial charge on any atom is 0.162 e. The number of benzene rings is 1. The first-order valence-electron chi connectivity index (χ1n) is 12.2. The molecule has 1 aromatic carbocycles. The summed E-state index contributed by atoms with van der Waals surface area (Å²) in [6, 6.07) is 14.6. The molecule has 7 heteroatoms. The Morgan fingerprint density at radius 3 is 2.69 bits per heavy atom. The van der Waals surface area contributed by atoms with E-state index >= 15 is 0 Å². The topological polar surface area (TPSA) is 68.4 Å². The van der Waals surface area contributed by atoms with Crippen molar-refractivity contribution in [1.29, 1.82) is 0 Å². The Hall–Kier alpha value is -3.68. The van der Waals surface area contributed by atoms with Crippen molar-refractivity contribution in [1.82, 2.24) is 29.5 Å². The van der Waals surface area contributed by atoms with Crippen LogP contribution in [0.1, 0.15) is 17.7 Å². The highest BCUT2D eigenvalue weighted by atomic mass is 16.5. The lowest BCUT2D eigenvalue weighted by molar-refractivity contribution is 0.0374. The molecule has 0 unspecified atom stereocenters. The van der Waals surface area contributed by atoms with Gasteiger partial charge in [0.05, 0.1) is 30.6 Å². The number of fused-ring (bicyclic) bond motifs is 2. The Morgan fingerprint density at radius 1 is 0.914 bits per heavy atom. The molecule has 1 aliphatic rings. The molecule has 0 amide bonds. The Bertz CT molecular complexity index is 1470. The van der Waals surface area contributed by atoms with Crippen molar-refractivity contribution in [3.05, 3.63) is 78.5 Å². The van der Waals surface area contributed by atoms with E-state index in [0.29, 0.717) is 0 Å². The van der Waals surface area contributed by atoms with Gasteiger partial charge in [0.2, 0.25) is 0 Å². The third-order valence-electron chi connectivity index (χ3n) is 6.68. The Balaban J connectivity index is 1.21. The van der Waals surface area contributed by atoms with Gasteiger partial charge in [0.1, 0.15) is 0 Å². The van der Waals surface area contributed by atoms with E-state index in [-0.39, 0.29) is 0 Å². The van der Waals surface area contributed by atoms with E-state index in [9.17, 15) is 0 Å². The molecule has 5 heterocycles. The maximum absolute atomic E-state index is 5.43. The van der Waals surface area contributed by atoms with Crippen LogP contribution in [0.25, 0.3) is 38.9 Å². The number of hydrogen-bond donors (Lipinski definition) is 0. The molecule has 5 aromatic rings. The number of aryl methyl sites for hydroxylation is 2. The number of hydrogen-bond acceptors (Lipinski definition) is 6. The van der Waals surface area contributed by atoms with Crippen molar-refractivity contribution in [2.24, 2.45) is 0 Å². The van der Waals surface area contributed by atoms with Gasteiger partial charge in [-0.2, -0.15) is 5.10 Å². The highest BCUT2D eigenvalue weighted by Gasteiger charge is 2.13. The van der Waals surface area contributed by atoms with Crippen LogP contribution in [0.15, 0.2) is 67.3 Å². The average molecular weight is 465 g/mol. The number of ether oxygens (including phenoxy) is 1. The van der Waals surface area contributed by atoms with Gasteiger partial charge in [0, 0.05) is 53.9 Å². The fraction of sp³-hybridized carbons (Fsp3) is 0.286. The summed E-state index contributed by atoms with van der Waals surface area (Å²) in [5, 5.41) is 5.70. The second kappa shape index (κ2) is 9.52. The van der Waals surface area contributed by atoms with Crippen molar-refractivity contribution in [3.8, 4) is 22.4 Å². The summed E-state index contributed by atoms with van der Waals surface area (Å²) in [6.07, 6.45) is 9.91. The minimum atomic E-state index is 0.821. The fourth-order valence-electron chi connectivity index (χ4n) is 4.76. The number of nitrogens with zero attached hydrogens (tertiary/aromatic N) is 6. The van der Waals surface area contributed by atoms with Gasteiger partial charge in [-0.3, -0.25) is 14.9 Å². The lowest BCUT2D eigenvalue weighted by atomic mass is 10.0. The summed E-state index contributed by atoms with van der Waals surface area (Å²) in [5.41, 5.74) is 8.00. The molecular formula is C28H28N6O. The van der Waals surface area contributed by atoms with Crippen LogP contribution in [0.4, 0.5) is 0 Å². The molecule has 6 rings (SSSR count). The minimum Gasteiger partial charge on any atom is -0.379 e. The SMILES string of the molecule is Cc1ccc2c(-c3cnn4cc(-c5ccc(CCCN6CCOCC6)cn5)cnc34)cccc2n1. The van der Waals surface area contributed by atoms with Crippen molar-refractivity contribution in [3.63, 3.8) is 0 Å². The Labute approximate surface area is 204 Å². The van der Waals surface area contributed by atoms with E-state index in [2.05, 4.69) is 39.2 Å². The van der Waals surface area contributed by atoms with Crippen molar-refractivity contribution >= 4 is 16.6 Å². The molecule has 1 aliphatic heterocycles. The molecular weight excluding hydrogens is 436 g/mol. The molecule has 0 bridgehead atoms. The van der Waals surface area contributed by atoms with Crippen LogP contribution in [-0.2, 0) is 11.2 Å². The van der Waals surface area contributed by atoms with Gasteiger partial charge in [0.15, 0.2) is 5.65 Å². The standard InChI is InChI=1S/C28H28N6O/c1-20-7-9-24-23(5-2-6-27(24)32-20)25-18-31-34-19-22(17-30-28(25)34)26-10-8-21(16-29-26)4-3-11-33-12-14-35-15-13-33/h2,5-10,16-19H,3-4,11-15H2,1H3. The van der Waals surface area contributed by atoms with Gasteiger partial charge >= 0.3 is 0 Å². The molecule has 0 radical (unpaired) electrons. The van der Waals surface area contributed by atoms with Crippen LogP contribution < -0.4 is 0 Å². The van der Waals surface area contributed by atoms with E-state index < -0.39 is 0 Å². The summed E-state index contributed by atoms with van der Waals surface area (Å²) < 4.78 is 7.26. The molecule has 1 fully saturated rings. The lowest BCUT2D eigenvalue weighted by Gasteiger charge is -2.26. The van der Waals surface area contributed by atoms with Crippen LogP contribution in [0.5, 0.6) is 0 Å². The maximum atomic E-state index is 5.43. The normalized spacial score (nSPS) is 14.7. The molecule has 7 nitrogen and oxygen atoms in total. The van der Waals surface area contributed by atoms with E-state index in [1.165, 1.54) is 5.56 Å². The Kier molecular flexibility index (Phi) is 5.94. The van der Waals surface area contributed by atoms with Gasteiger partial charge in [-0.05, 0) is 55.6 Å². The number of rotatable bonds is 6. The zero-order chi connectivity index (χ0) is 23.6. The van der Waals surface area contributed by atoms with Crippen LogP contribution in [0.2, 0.25) is 0 Å². The molecule has 0 N–H and O–H groups in total. The van der Waals surface area contributed by atoms with Crippen LogP contribution >= 0.6 is 0 Å². The van der Waals surface area contributed by atoms with Gasteiger partial charge in [-0.15, -0.1) is 0 Å². The third kappa shape index (κ3) is 4.52.